The molecular weight excluding hydrogens is 527 g/mol. The lowest BCUT2D eigenvalue weighted by molar-refractivity contribution is -0.146. The van der Waals surface area contributed by atoms with Crippen molar-refractivity contribution in [2.24, 2.45) is 0 Å². The molecule has 0 amide bonds. The van der Waals surface area contributed by atoms with Crippen molar-refractivity contribution in [3.05, 3.63) is 95.3 Å². The molecule has 5 aromatic rings. The van der Waals surface area contributed by atoms with E-state index in [1.807, 2.05) is 18.2 Å². The molecule has 2 aromatic carbocycles. The second kappa shape index (κ2) is 10.2. The first kappa shape index (κ1) is 26.2. The van der Waals surface area contributed by atoms with E-state index in [4.69, 9.17) is 9.15 Å². The van der Waals surface area contributed by atoms with Crippen LogP contribution in [0.15, 0.2) is 71.4 Å². The second-order valence-corrected chi connectivity index (χ2v) is 10.2. The molecule has 0 bridgehead atoms. The van der Waals surface area contributed by atoms with Crippen molar-refractivity contribution in [3.63, 3.8) is 0 Å². The minimum Gasteiger partial charge on any atom is -0.477 e. The van der Waals surface area contributed by atoms with Crippen molar-refractivity contribution in [3.8, 4) is 0 Å². The molecule has 0 saturated carbocycles. The molecule has 0 atom stereocenters. The van der Waals surface area contributed by atoms with Crippen molar-refractivity contribution in [2.75, 3.05) is 0 Å². The summed E-state index contributed by atoms with van der Waals surface area (Å²) in [4.78, 5) is 43.0. The van der Waals surface area contributed by atoms with E-state index in [9.17, 15) is 19.5 Å². The fourth-order valence-electron chi connectivity index (χ4n) is 5.47. The molecule has 0 radical (unpaired) electrons. The number of pyridine rings is 1. The number of nitrogens with zero attached hydrogens (tertiary/aromatic N) is 2. The number of halogens is 1. The van der Waals surface area contributed by atoms with E-state index in [2.05, 4.69) is 4.98 Å². The van der Waals surface area contributed by atoms with Crippen LogP contribution >= 0.6 is 0 Å². The fraction of sp³-hybridized carbons (Fsp3) is 0.188. The van der Waals surface area contributed by atoms with E-state index in [1.165, 1.54) is 23.0 Å². The molecule has 0 saturated heterocycles. The van der Waals surface area contributed by atoms with Crippen LogP contribution in [-0.2, 0) is 27.3 Å². The molecule has 0 unspecified atom stereocenters. The Morgan fingerprint density at radius 2 is 1.98 bits per heavy atom. The summed E-state index contributed by atoms with van der Waals surface area (Å²) in [6.45, 7) is 3.52. The van der Waals surface area contributed by atoms with E-state index in [1.54, 1.807) is 44.2 Å². The number of ketones is 1. The summed E-state index contributed by atoms with van der Waals surface area (Å²) in [6, 6.07) is 11.8. The van der Waals surface area contributed by atoms with Gasteiger partial charge in [0.1, 0.15) is 17.1 Å². The summed E-state index contributed by atoms with van der Waals surface area (Å²) >= 11 is 0. The van der Waals surface area contributed by atoms with Crippen molar-refractivity contribution in [1.29, 1.82) is 0 Å². The van der Waals surface area contributed by atoms with Gasteiger partial charge in [0.15, 0.2) is 5.78 Å². The van der Waals surface area contributed by atoms with Crippen molar-refractivity contribution in [1.82, 2.24) is 9.55 Å². The Balaban J connectivity index is 1.62. The molecule has 8 nitrogen and oxygen atoms in total. The number of rotatable bonds is 7. The average Bonchev–Trinajstić information content (AvgIpc) is 3.52. The average molecular weight is 553 g/mol. The first-order valence-corrected chi connectivity index (χ1v) is 13.2. The number of carboxylic acids is 1. The van der Waals surface area contributed by atoms with Crippen LogP contribution in [0.2, 0.25) is 0 Å². The number of carbonyl (C=O) groups excluding carboxylic acids is 2. The standard InChI is InChI=1S/C32H25FN2O6/c1-17(2)41-27(37)14-19-13-18(20-7-3-5-9-24(20)34-19)16-35-25-15-23(33)21-11-12-40-31(21)29(25)28(30(35)32(38)39)22-8-4-6-10-26(22)36/h3-9,11-13,15,17H,10,14,16H2,1-2H3,(H,38,39). The Hall–Kier alpha value is -5.05. The molecule has 1 N–H and O–H groups in total. The quantitative estimate of drug-likeness (QED) is 0.238. The third kappa shape index (κ3) is 4.59. The largest absolute Gasteiger partial charge is 0.477 e. The van der Waals surface area contributed by atoms with E-state index in [0.29, 0.717) is 22.2 Å². The number of benzene rings is 2. The highest BCUT2D eigenvalue weighted by Crippen LogP contribution is 2.40. The molecule has 206 valence electrons. The van der Waals surface area contributed by atoms with Crippen LogP contribution in [0.5, 0.6) is 0 Å². The number of furan rings is 1. The highest BCUT2D eigenvalue weighted by Gasteiger charge is 2.31. The summed E-state index contributed by atoms with van der Waals surface area (Å²) < 4.78 is 27.8. The Morgan fingerprint density at radius 1 is 1.17 bits per heavy atom. The third-order valence-corrected chi connectivity index (χ3v) is 7.07. The van der Waals surface area contributed by atoms with Gasteiger partial charge in [-0.3, -0.25) is 14.6 Å². The van der Waals surface area contributed by atoms with Crippen LogP contribution in [0.1, 0.15) is 47.6 Å². The molecule has 0 fully saturated rings. The summed E-state index contributed by atoms with van der Waals surface area (Å²) in [5.41, 5.74) is 2.39. The maximum atomic E-state index is 15.3. The molecular formula is C32H25FN2O6. The molecule has 6 rings (SSSR count). The van der Waals surface area contributed by atoms with Gasteiger partial charge in [0.2, 0.25) is 0 Å². The highest BCUT2D eigenvalue weighted by atomic mass is 19.1. The second-order valence-electron chi connectivity index (χ2n) is 10.2. The lowest BCUT2D eigenvalue weighted by Gasteiger charge is -2.14. The predicted octanol–water partition coefficient (Wildman–Crippen LogP) is 6.23. The van der Waals surface area contributed by atoms with Crippen LogP contribution < -0.4 is 0 Å². The van der Waals surface area contributed by atoms with Gasteiger partial charge in [0, 0.05) is 29.5 Å². The van der Waals surface area contributed by atoms with Crippen LogP contribution in [0.4, 0.5) is 4.39 Å². The van der Waals surface area contributed by atoms with Gasteiger partial charge in [0.05, 0.1) is 46.3 Å². The van der Waals surface area contributed by atoms with Gasteiger partial charge < -0.3 is 18.8 Å². The van der Waals surface area contributed by atoms with E-state index in [0.717, 1.165) is 5.39 Å². The first-order valence-electron chi connectivity index (χ1n) is 13.2. The Morgan fingerprint density at radius 3 is 2.73 bits per heavy atom. The number of para-hydroxylation sites is 1. The van der Waals surface area contributed by atoms with Gasteiger partial charge >= 0.3 is 11.9 Å². The highest BCUT2D eigenvalue weighted by molar-refractivity contribution is 6.29. The molecule has 41 heavy (non-hydrogen) atoms. The van der Waals surface area contributed by atoms with Crippen LogP contribution in [-0.4, -0.2) is 38.5 Å². The number of carboxylic acid groups (broad SMARTS) is 1. The maximum Gasteiger partial charge on any atom is 0.353 e. The summed E-state index contributed by atoms with van der Waals surface area (Å²) in [7, 11) is 0. The number of hydrogen-bond acceptors (Lipinski definition) is 6. The summed E-state index contributed by atoms with van der Waals surface area (Å²) in [6.07, 6.45) is 6.07. The van der Waals surface area contributed by atoms with Gasteiger partial charge in [-0.25, -0.2) is 9.18 Å². The van der Waals surface area contributed by atoms with Crippen molar-refractivity contribution < 1.29 is 33.0 Å². The number of Topliss-reactive ketones (excluding diaryl/α,β-unsaturated/α-hetero) is 1. The van der Waals surface area contributed by atoms with E-state index < -0.39 is 17.8 Å². The minimum absolute atomic E-state index is 0.00361. The monoisotopic (exact) mass is 552 g/mol. The normalized spacial score (nSPS) is 13.5. The lowest BCUT2D eigenvalue weighted by Crippen LogP contribution is -2.16. The molecule has 3 aromatic heterocycles. The maximum absolute atomic E-state index is 15.3. The number of fused-ring (bicyclic) bond motifs is 4. The van der Waals surface area contributed by atoms with Gasteiger partial charge in [-0.1, -0.05) is 36.4 Å². The lowest BCUT2D eigenvalue weighted by atomic mass is 9.93. The Bertz CT molecular complexity index is 1960. The number of allylic oxidation sites excluding steroid dienone is 4. The van der Waals surface area contributed by atoms with Gasteiger partial charge in [-0.2, -0.15) is 0 Å². The smallest absolute Gasteiger partial charge is 0.353 e. The SMILES string of the molecule is CC(C)OC(=O)Cc1cc(Cn2c(C(=O)O)c(C3=CC=CCC3=O)c3c4occc4c(F)cc32)c2ccccc2n1. The Kier molecular flexibility index (Phi) is 6.49. The van der Waals surface area contributed by atoms with Crippen LogP contribution in [0.3, 0.4) is 0 Å². The molecule has 1 aliphatic rings. The number of aromatic carboxylic acids is 1. The number of esters is 1. The zero-order chi connectivity index (χ0) is 28.8. The minimum atomic E-state index is -1.28. The number of carbonyl (C=O) groups is 3. The predicted molar refractivity (Wildman–Crippen MR) is 151 cm³/mol. The van der Waals surface area contributed by atoms with Gasteiger partial charge in [-0.15, -0.1) is 0 Å². The zero-order valence-corrected chi connectivity index (χ0v) is 22.3. The van der Waals surface area contributed by atoms with E-state index in [-0.39, 0.29) is 64.6 Å². The topological polar surface area (TPSA) is 112 Å². The van der Waals surface area contributed by atoms with Gasteiger partial charge in [-0.05, 0) is 43.7 Å². The fourth-order valence-corrected chi connectivity index (χ4v) is 5.47. The van der Waals surface area contributed by atoms with Gasteiger partial charge in [0.25, 0.3) is 0 Å². The van der Waals surface area contributed by atoms with Crippen LogP contribution in [0, 0.1) is 5.82 Å². The van der Waals surface area contributed by atoms with E-state index >= 15 is 4.39 Å². The third-order valence-electron chi connectivity index (χ3n) is 7.07. The zero-order valence-electron chi connectivity index (χ0n) is 22.3. The Labute approximate surface area is 233 Å². The van der Waals surface area contributed by atoms with Crippen molar-refractivity contribution in [2.45, 2.75) is 39.3 Å². The molecule has 0 aliphatic heterocycles. The number of ether oxygens (including phenoxy) is 1. The number of aromatic nitrogens is 2. The van der Waals surface area contributed by atoms with Crippen LogP contribution in [0.25, 0.3) is 38.3 Å². The summed E-state index contributed by atoms with van der Waals surface area (Å²) in [5, 5.41) is 11.8. The number of hydrogen-bond donors (Lipinski definition) is 1. The van der Waals surface area contributed by atoms with Crippen molar-refractivity contribution >= 4 is 56.1 Å². The molecule has 0 spiro atoms. The first-order chi connectivity index (χ1) is 19.7. The summed E-state index contributed by atoms with van der Waals surface area (Å²) in [5.74, 6) is -2.55. The molecule has 9 heteroatoms. The molecule has 3 heterocycles. The molecule has 1 aliphatic carbocycles.